The van der Waals surface area contributed by atoms with Crippen LogP contribution in [0.25, 0.3) is 0 Å². The lowest BCUT2D eigenvalue weighted by molar-refractivity contribution is -0.127. The number of benzene rings is 1. The van der Waals surface area contributed by atoms with Crippen molar-refractivity contribution in [2.75, 3.05) is 13.1 Å². The summed E-state index contributed by atoms with van der Waals surface area (Å²) in [6, 6.07) is 11.5. The predicted octanol–water partition coefficient (Wildman–Crippen LogP) is 2.94. The SMILES string of the molecule is CCN(CC)C(=O)C1=C(C)N=C2SC(C#N)=C(N)N2[C@H]1c1ccccc1. The van der Waals surface area contributed by atoms with Crippen molar-refractivity contribution in [2.45, 2.75) is 26.8 Å². The zero-order chi connectivity index (χ0) is 18.8. The van der Waals surface area contributed by atoms with E-state index in [1.807, 2.05) is 56.0 Å². The number of amides is 1. The number of allylic oxidation sites excluding steroid dienone is 2. The Morgan fingerprint density at radius 2 is 2.00 bits per heavy atom. The molecule has 2 N–H and O–H groups in total. The molecule has 134 valence electrons. The zero-order valence-electron chi connectivity index (χ0n) is 15.1. The lowest BCUT2D eigenvalue weighted by Gasteiger charge is -2.36. The molecule has 0 fully saturated rings. The van der Waals surface area contributed by atoms with E-state index in [1.165, 1.54) is 11.8 Å². The van der Waals surface area contributed by atoms with E-state index in [0.29, 0.717) is 40.3 Å². The molecule has 0 saturated carbocycles. The lowest BCUT2D eigenvalue weighted by atomic mass is 9.93. The fraction of sp³-hybridized carbons (Fsp3) is 0.316. The van der Waals surface area contributed by atoms with Crippen LogP contribution in [0.2, 0.25) is 0 Å². The van der Waals surface area contributed by atoms with E-state index in [2.05, 4.69) is 11.1 Å². The van der Waals surface area contributed by atoms with Crippen molar-refractivity contribution < 1.29 is 4.79 Å². The molecule has 2 aliphatic heterocycles. The molecule has 2 heterocycles. The van der Waals surface area contributed by atoms with Gasteiger partial charge in [-0.3, -0.25) is 9.69 Å². The average molecular weight is 367 g/mol. The Kier molecular flexibility index (Phi) is 5.05. The topological polar surface area (TPSA) is 85.7 Å². The van der Waals surface area contributed by atoms with E-state index in [4.69, 9.17) is 5.73 Å². The first kappa shape index (κ1) is 18.1. The van der Waals surface area contributed by atoms with Crippen LogP contribution in [0.1, 0.15) is 32.4 Å². The van der Waals surface area contributed by atoms with Crippen LogP contribution in [0.15, 0.2) is 57.3 Å². The number of fused-ring (bicyclic) bond motifs is 1. The molecule has 3 rings (SSSR count). The Hall–Kier alpha value is -2.72. The summed E-state index contributed by atoms with van der Waals surface area (Å²) in [5.74, 6) is 0.301. The normalized spacial score (nSPS) is 19.2. The van der Waals surface area contributed by atoms with Crippen LogP contribution >= 0.6 is 11.8 Å². The largest absolute Gasteiger partial charge is 0.383 e. The number of nitrogens with zero attached hydrogens (tertiary/aromatic N) is 4. The van der Waals surface area contributed by atoms with E-state index < -0.39 is 6.04 Å². The molecule has 0 saturated heterocycles. The number of carbonyl (C=O) groups is 1. The van der Waals surface area contributed by atoms with Gasteiger partial charge in [-0.15, -0.1) is 0 Å². The van der Waals surface area contributed by atoms with Crippen LogP contribution in [-0.2, 0) is 4.79 Å². The van der Waals surface area contributed by atoms with Gasteiger partial charge in [-0.05, 0) is 38.1 Å². The van der Waals surface area contributed by atoms with Gasteiger partial charge in [0.05, 0.1) is 17.3 Å². The van der Waals surface area contributed by atoms with Crippen LogP contribution < -0.4 is 5.73 Å². The van der Waals surface area contributed by atoms with E-state index in [9.17, 15) is 10.1 Å². The number of nitriles is 1. The van der Waals surface area contributed by atoms with Crippen molar-refractivity contribution in [1.82, 2.24) is 9.80 Å². The van der Waals surface area contributed by atoms with Crippen LogP contribution in [0.5, 0.6) is 0 Å². The van der Waals surface area contributed by atoms with Gasteiger partial charge >= 0.3 is 0 Å². The molecule has 0 bridgehead atoms. The average Bonchev–Trinajstić information content (AvgIpc) is 2.97. The van der Waals surface area contributed by atoms with Gasteiger partial charge in [-0.1, -0.05) is 30.3 Å². The number of nitrogens with two attached hydrogens (primary N) is 1. The Morgan fingerprint density at radius 1 is 1.35 bits per heavy atom. The maximum absolute atomic E-state index is 13.2. The molecule has 26 heavy (non-hydrogen) atoms. The first-order valence-electron chi connectivity index (χ1n) is 8.54. The summed E-state index contributed by atoms with van der Waals surface area (Å²) < 4.78 is 0. The minimum atomic E-state index is -0.393. The van der Waals surface area contributed by atoms with Crippen molar-refractivity contribution in [2.24, 2.45) is 10.7 Å². The summed E-state index contributed by atoms with van der Waals surface area (Å²) >= 11 is 1.25. The summed E-state index contributed by atoms with van der Waals surface area (Å²) in [7, 11) is 0. The van der Waals surface area contributed by atoms with Crippen molar-refractivity contribution in [1.29, 1.82) is 5.26 Å². The van der Waals surface area contributed by atoms with Gasteiger partial charge in [-0.2, -0.15) is 5.26 Å². The van der Waals surface area contributed by atoms with Gasteiger partial charge < -0.3 is 10.6 Å². The highest BCUT2D eigenvalue weighted by Crippen LogP contribution is 2.45. The second-order valence-electron chi connectivity index (χ2n) is 5.98. The molecule has 1 amide bonds. The molecule has 1 atom stereocenters. The second-order valence-corrected chi connectivity index (χ2v) is 6.96. The first-order valence-corrected chi connectivity index (χ1v) is 9.35. The maximum Gasteiger partial charge on any atom is 0.254 e. The number of hydrogen-bond acceptors (Lipinski definition) is 6. The molecule has 7 heteroatoms. The Balaban J connectivity index is 2.18. The number of likely N-dealkylation sites (N-methyl/N-ethyl adjacent to an activating group) is 1. The molecular weight excluding hydrogens is 346 g/mol. The third-order valence-corrected chi connectivity index (χ3v) is 5.55. The third-order valence-electron chi connectivity index (χ3n) is 4.57. The smallest absolute Gasteiger partial charge is 0.254 e. The summed E-state index contributed by atoms with van der Waals surface area (Å²) in [6.45, 7) is 7.00. The Labute approximate surface area is 157 Å². The summed E-state index contributed by atoms with van der Waals surface area (Å²) in [4.78, 5) is 21.8. The minimum Gasteiger partial charge on any atom is -0.383 e. The van der Waals surface area contributed by atoms with Gasteiger partial charge in [0, 0.05) is 13.1 Å². The number of rotatable bonds is 4. The van der Waals surface area contributed by atoms with Gasteiger partial charge in [-0.25, -0.2) is 4.99 Å². The number of thioether (sulfide) groups is 1. The molecule has 0 aliphatic carbocycles. The van der Waals surface area contributed by atoms with Crippen LogP contribution in [0.3, 0.4) is 0 Å². The molecule has 1 aromatic carbocycles. The molecule has 0 spiro atoms. The Bertz CT molecular complexity index is 862. The van der Waals surface area contributed by atoms with Gasteiger partial charge in [0.25, 0.3) is 5.91 Å². The molecule has 0 unspecified atom stereocenters. The lowest BCUT2D eigenvalue weighted by Crippen LogP contribution is -2.42. The molecule has 1 aromatic rings. The molecule has 2 aliphatic rings. The number of amidine groups is 1. The molecule has 0 aromatic heterocycles. The van der Waals surface area contributed by atoms with Gasteiger partial charge in [0.15, 0.2) is 5.17 Å². The minimum absolute atomic E-state index is 0.0487. The van der Waals surface area contributed by atoms with E-state index in [0.717, 1.165) is 5.56 Å². The highest BCUT2D eigenvalue weighted by molar-refractivity contribution is 8.17. The van der Waals surface area contributed by atoms with E-state index >= 15 is 0 Å². The predicted molar refractivity (Wildman–Crippen MR) is 104 cm³/mol. The van der Waals surface area contributed by atoms with Crippen LogP contribution in [-0.4, -0.2) is 34.0 Å². The second kappa shape index (κ2) is 7.26. The molecular formula is C19H21N5OS. The van der Waals surface area contributed by atoms with Crippen LogP contribution in [0, 0.1) is 11.3 Å². The first-order chi connectivity index (χ1) is 12.5. The monoisotopic (exact) mass is 367 g/mol. The fourth-order valence-electron chi connectivity index (χ4n) is 3.25. The highest BCUT2D eigenvalue weighted by Gasteiger charge is 2.42. The maximum atomic E-state index is 13.2. The van der Waals surface area contributed by atoms with Crippen molar-refractivity contribution >= 4 is 22.8 Å². The summed E-state index contributed by atoms with van der Waals surface area (Å²) in [5, 5.41) is 10.0. The zero-order valence-corrected chi connectivity index (χ0v) is 15.9. The Morgan fingerprint density at radius 3 is 2.58 bits per heavy atom. The number of hydrogen-bond donors (Lipinski definition) is 1. The van der Waals surface area contributed by atoms with Crippen LogP contribution in [0.4, 0.5) is 0 Å². The summed E-state index contributed by atoms with van der Waals surface area (Å²) in [6.07, 6.45) is 0. The van der Waals surface area contributed by atoms with Crippen molar-refractivity contribution in [3.8, 4) is 6.07 Å². The standard InChI is InChI=1S/C19H21N5OS/c1-4-23(5-2)18(25)15-12(3)22-19-24(17(21)14(11-20)26-19)16(15)13-9-7-6-8-10-13/h6-10,16H,4-5,21H2,1-3H3/t16-/m0/s1. The highest BCUT2D eigenvalue weighted by atomic mass is 32.2. The summed E-state index contributed by atoms with van der Waals surface area (Å²) in [5.41, 5.74) is 8.47. The van der Waals surface area contributed by atoms with Crippen molar-refractivity contribution in [3.63, 3.8) is 0 Å². The molecule has 0 radical (unpaired) electrons. The van der Waals surface area contributed by atoms with E-state index in [-0.39, 0.29) is 5.91 Å². The van der Waals surface area contributed by atoms with Crippen molar-refractivity contribution in [3.05, 3.63) is 57.9 Å². The fourth-order valence-corrected chi connectivity index (χ4v) is 4.16. The number of aliphatic imine (C=N–C) groups is 1. The van der Waals surface area contributed by atoms with Gasteiger partial charge in [0.1, 0.15) is 16.8 Å². The third kappa shape index (κ3) is 2.86. The van der Waals surface area contributed by atoms with E-state index in [1.54, 1.807) is 4.90 Å². The van der Waals surface area contributed by atoms with Gasteiger partial charge in [0.2, 0.25) is 0 Å². The quantitative estimate of drug-likeness (QED) is 0.884. The number of carbonyl (C=O) groups excluding carboxylic acids is 1. The molecule has 6 nitrogen and oxygen atoms in total.